The van der Waals surface area contributed by atoms with Crippen molar-refractivity contribution in [1.29, 1.82) is 0 Å². The second-order valence-electron chi connectivity index (χ2n) is 5.64. The van der Waals surface area contributed by atoms with E-state index in [-0.39, 0.29) is 17.8 Å². The molecule has 0 saturated heterocycles. The van der Waals surface area contributed by atoms with Gasteiger partial charge in [0.25, 0.3) is 5.91 Å². The molecule has 0 radical (unpaired) electrons. The van der Waals surface area contributed by atoms with Gasteiger partial charge in [-0.15, -0.1) is 0 Å². The van der Waals surface area contributed by atoms with Gasteiger partial charge in [0.2, 0.25) is 0 Å². The smallest absolute Gasteiger partial charge is 0.294 e. The van der Waals surface area contributed by atoms with Crippen molar-refractivity contribution in [1.82, 2.24) is 0 Å². The zero-order valence-corrected chi connectivity index (χ0v) is 13.4. The van der Waals surface area contributed by atoms with Gasteiger partial charge in [0.05, 0.1) is 11.6 Å². The number of aliphatic hydroxyl groups is 1. The molecule has 6 heteroatoms. The van der Waals surface area contributed by atoms with Crippen molar-refractivity contribution in [3.8, 4) is 0 Å². The Hall–Kier alpha value is -3.02. The molecule has 1 heterocycles. The Bertz CT molecular complexity index is 857. The fourth-order valence-electron chi connectivity index (χ4n) is 2.91. The van der Waals surface area contributed by atoms with Gasteiger partial charge in [-0.2, -0.15) is 0 Å². The molecule has 1 unspecified atom stereocenters. The Morgan fingerprint density at radius 1 is 1.04 bits per heavy atom. The largest absolute Gasteiger partial charge is 0.503 e. The lowest BCUT2D eigenvalue weighted by Crippen LogP contribution is -2.31. The minimum Gasteiger partial charge on any atom is -0.503 e. The van der Waals surface area contributed by atoms with Gasteiger partial charge in [-0.1, -0.05) is 19.1 Å². The van der Waals surface area contributed by atoms with Gasteiger partial charge in [-0.25, -0.2) is 8.78 Å². The van der Waals surface area contributed by atoms with Crippen molar-refractivity contribution in [2.45, 2.75) is 19.4 Å². The first-order chi connectivity index (χ1) is 11.9. The molecule has 1 aliphatic heterocycles. The second-order valence-corrected chi connectivity index (χ2v) is 5.64. The molecule has 1 atom stereocenters. The SMILES string of the molecule is CCC(=O)C1=C(O)C(=O)N(c2ccc(F)cc2)C1c1ccc(F)cc1. The molecule has 4 nitrogen and oxygen atoms in total. The number of rotatable bonds is 4. The normalized spacial score (nSPS) is 17.3. The first-order valence-electron chi connectivity index (χ1n) is 7.75. The van der Waals surface area contributed by atoms with E-state index >= 15 is 0 Å². The highest BCUT2D eigenvalue weighted by Gasteiger charge is 2.43. The molecular formula is C19H15F2NO3. The number of aliphatic hydroxyl groups excluding tert-OH is 1. The van der Waals surface area contributed by atoms with Crippen LogP contribution in [-0.2, 0) is 9.59 Å². The van der Waals surface area contributed by atoms with Gasteiger partial charge < -0.3 is 5.11 Å². The maximum absolute atomic E-state index is 13.3. The van der Waals surface area contributed by atoms with Crippen LogP contribution in [0.4, 0.5) is 14.5 Å². The van der Waals surface area contributed by atoms with Crippen LogP contribution in [0.1, 0.15) is 24.9 Å². The van der Waals surface area contributed by atoms with Crippen LogP contribution in [-0.4, -0.2) is 16.8 Å². The van der Waals surface area contributed by atoms with Gasteiger partial charge >= 0.3 is 0 Å². The summed E-state index contributed by atoms with van der Waals surface area (Å²) in [6.07, 6.45) is 0.0988. The van der Waals surface area contributed by atoms with Crippen molar-refractivity contribution in [3.63, 3.8) is 0 Å². The molecule has 2 aromatic carbocycles. The highest BCUT2D eigenvalue weighted by atomic mass is 19.1. The van der Waals surface area contributed by atoms with Crippen molar-refractivity contribution in [2.24, 2.45) is 0 Å². The summed E-state index contributed by atoms with van der Waals surface area (Å²) in [6, 6.07) is 9.56. The van der Waals surface area contributed by atoms with Crippen molar-refractivity contribution in [2.75, 3.05) is 4.90 Å². The Morgan fingerprint density at radius 2 is 1.56 bits per heavy atom. The average Bonchev–Trinajstić information content (AvgIpc) is 2.87. The first-order valence-corrected chi connectivity index (χ1v) is 7.75. The molecule has 0 bridgehead atoms. The van der Waals surface area contributed by atoms with Crippen LogP contribution in [0.25, 0.3) is 0 Å². The predicted octanol–water partition coefficient (Wildman–Crippen LogP) is 3.84. The molecule has 2 aromatic rings. The molecule has 128 valence electrons. The van der Waals surface area contributed by atoms with Crippen molar-refractivity contribution < 1.29 is 23.5 Å². The molecule has 3 rings (SSSR count). The van der Waals surface area contributed by atoms with Crippen LogP contribution in [0.3, 0.4) is 0 Å². The monoisotopic (exact) mass is 343 g/mol. The van der Waals surface area contributed by atoms with E-state index in [1.807, 2.05) is 0 Å². The van der Waals surface area contributed by atoms with E-state index in [1.54, 1.807) is 6.92 Å². The Balaban J connectivity index is 2.16. The van der Waals surface area contributed by atoms with Crippen LogP contribution < -0.4 is 4.90 Å². The number of hydrogen-bond donors (Lipinski definition) is 1. The number of carbonyl (C=O) groups excluding carboxylic acids is 2. The lowest BCUT2D eigenvalue weighted by Gasteiger charge is -2.26. The Kier molecular flexibility index (Phi) is 4.35. The number of ketones is 1. The number of benzene rings is 2. The summed E-state index contributed by atoms with van der Waals surface area (Å²) >= 11 is 0. The lowest BCUT2D eigenvalue weighted by atomic mass is 9.95. The van der Waals surface area contributed by atoms with Gasteiger partial charge in [-0.05, 0) is 42.0 Å². The number of Topliss-reactive ketones (excluding diaryl/α,β-unsaturated/α-hetero) is 1. The number of nitrogens with zero attached hydrogens (tertiary/aromatic N) is 1. The summed E-state index contributed by atoms with van der Waals surface area (Å²) in [5, 5.41) is 10.3. The van der Waals surface area contributed by atoms with Crippen LogP contribution in [0.5, 0.6) is 0 Å². The molecule has 0 aliphatic carbocycles. The molecule has 25 heavy (non-hydrogen) atoms. The van der Waals surface area contributed by atoms with Gasteiger partial charge in [0.1, 0.15) is 11.6 Å². The number of anilines is 1. The zero-order valence-electron chi connectivity index (χ0n) is 13.4. The third kappa shape index (κ3) is 2.91. The van der Waals surface area contributed by atoms with Gasteiger partial charge in [-0.3, -0.25) is 14.5 Å². The summed E-state index contributed by atoms with van der Waals surface area (Å²) in [5.74, 6) is -2.71. The molecular weight excluding hydrogens is 328 g/mol. The molecule has 0 saturated carbocycles. The summed E-state index contributed by atoms with van der Waals surface area (Å²) in [6.45, 7) is 1.62. The Labute approximate surface area is 143 Å². The van der Waals surface area contributed by atoms with E-state index in [9.17, 15) is 23.5 Å². The fraction of sp³-hybridized carbons (Fsp3) is 0.158. The maximum Gasteiger partial charge on any atom is 0.294 e. The molecule has 0 spiro atoms. The van der Waals surface area contributed by atoms with Gasteiger partial charge in [0.15, 0.2) is 11.5 Å². The van der Waals surface area contributed by atoms with Crippen molar-refractivity contribution >= 4 is 17.4 Å². The van der Waals surface area contributed by atoms with E-state index in [0.717, 1.165) is 0 Å². The zero-order chi connectivity index (χ0) is 18.1. The average molecular weight is 343 g/mol. The standard InChI is InChI=1S/C19H15F2NO3/c1-2-15(23)16-17(11-3-5-12(20)6-4-11)22(19(25)18(16)24)14-9-7-13(21)8-10-14/h3-10,17,24H,2H2,1H3. The summed E-state index contributed by atoms with van der Waals surface area (Å²) < 4.78 is 26.5. The molecule has 1 N–H and O–H groups in total. The summed E-state index contributed by atoms with van der Waals surface area (Å²) in [4.78, 5) is 26.1. The topological polar surface area (TPSA) is 57.6 Å². The van der Waals surface area contributed by atoms with Crippen molar-refractivity contribution in [3.05, 3.63) is 77.1 Å². The van der Waals surface area contributed by atoms with E-state index in [0.29, 0.717) is 11.3 Å². The van der Waals surface area contributed by atoms with Crippen LogP contribution >= 0.6 is 0 Å². The first kappa shape index (κ1) is 16.8. The lowest BCUT2D eigenvalue weighted by molar-refractivity contribution is -0.118. The van der Waals surface area contributed by atoms with Crippen LogP contribution in [0.2, 0.25) is 0 Å². The second kappa shape index (κ2) is 6.47. The number of carbonyl (C=O) groups is 2. The number of halogens is 2. The van der Waals surface area contributed by atoms with E-state index in [2.05, 4.69) is 0 Å². The maximum atomic E-state index is 13.3. The minimum absolute atomic E-state index is 0.0385. The summed E-state index contributed by atoms with van der Waals surface area (Å²) in [7, 11) is 0. The molecule has 1 aliphatic rings. The van der Waals surface area contributed by atoms with E-state index in [4.69, 9.17) is 0 Å². The molecule has 1 amide bonds. The highest BCUT2D eigenvalue weighted by Crippen LogP contribution is 2.41. The summed E-state index contributed by atoms with van der Waals surface area (Å²) in [5.41, 5.74) is 0.759. The molecule has 0 aromatic heterocycles. The van der Waals surface area contributed by atoms with Crippen LogP contribution in [0, 0.1) is 11.6 Å². The third-order valence-electron chi connectivity index (χ3n) is 4.12. The van der Waals surface area contributed by atoms with Crippen LogP contribution in [0.15, 0.2) is 59.9 Å². The third-order valence-corrected chi connectivity index (χ3v) is 4.12. The quantitative estimate of drug-likeness (QED) is 0.917. The minimum atomic E-state index is -0.897. The fourth-order valence-corrected chi connectivity index (χ4v) is 2.91. The highest BCUT2D eigenvalue weighted by molar-refractivity contribution is 6.16. The van der Waals surface area contributed by atoms with E-state index in [1.165, 1.54) is 53.4 Å². The van der Waals surface area contributed by atoms with Gasteiger partial charge in [0, 0.05) is 12.1 Å². The predicted molar refractivity (Wildman–Crippen MR) is 88.0 cm³/mol. The Morgan fingerprint density at radius 3 is 2.08 bits per heavy atom. The number of hydrogen-bond acceptors (Lipinski definition) is 3. The molecule has 0 fully saturated rings. The number of amides is 1. The van der Waals surface area contributed by atoms with E-state index < -0.39 is 29.3 Å².